The van der Waals surface area contributed by atoms with Crippen molar-refractivity contribution in [1.82, 2.24) is 19.9 Å². The second-order valence-corrected chi connectivity index (χ2v) is 6.71. The van der Waals surface area contributed by atoms with Gasteiger partial charge in [-0.25, -0.2) is 4.98 Å². The number of hydrogen-bond donors (Lipinski definition) is 1. The average molecular weight is 284 g/mol. The Kier molecular flexibility index (Phi) is 3.21. The molecule has 1 saturated carbocycles. The average Bonchev–Trinajstić information content (AvgIpc) is 3.28. The monoisotopic (exact) mass is 284 g/mol. The van der Waals surface area contributed by atoms with Gasteiger partial charge in [0.15, 0.2) is 0 Å². The van der Waals surface area contributed by atoms with Gasteiger partial charge in [-0.3, -0.25) is 4.98 Å². The molecule has 4 heteroatoms. The summed E-state index contributed by atoms with van der Waals surface area (Å²) in [5.74, 6) is 1.32. The van der Waals surface area contributed by atoms with Crippen molar-refractivity contribution < 1.29 is 0 Å². The van der Waals surface area contributed by atoms with Gasteiger partial charge < -0.3 is 9.88 Å². The number of nitrogens with one attached hydrogen (secondary N) is 1. The van der Waals surface area contributed by atoms with Crippen LogP contribution in [0, 0.1) is 0 Å². The van der Waals surface area contributed by atoms with Crippen LogP contribution in [0.4, 0.5) is 0 Å². The molecule has 2 aromatic rings. The van der Waals surface area contributed by atoms with Crippen LogP contribution in [-0.4, -0.2) is 27.6 Å². The third-order valence-corrected chi connectivity index (χ3v) is 5.08. The van der Waals surface area contributed by atoms with E-state index in [1.807, 2.05) is 12.4 Å². The highest BCUT2D eigenvalue weighted by molar-refractivity contribution is 5.75. The van der Waals surface area contributed by atoms with E-state index in [4.69, 9.17) is 4.98 Å². The van der Waals surface area contributed by atoms with Crippen molar-refractivity contribution in [3.8, 4) is 0 Å². The van der Waals surface area contributed by atoms with E-state index >= 15 is 0 Å². The molecular weight excluding hydrogens is 260 g/mol. The third kappa shape index (κ3) is 2.16. The van der Waals surface area contributed by atoms with Crippen molar-refractivity contribution in [3.63, 3.8) is 0 Å². The van der Waals surface area contributed by atoms with Gasteiger partial charge in [0.1, 0.15) is 11.3 Å². The summed E-state index contributed by atoms with van der Waals surface area (Å²) >= 11 is 0. The van der Waals surface area contributed by atoms with Crippen LogP contribution < -0.4 is 5.32 Å². The summed E-state index contributed by atoms with van der Waals surface area (Å²) in [6, 6.07) is 2.81. The van der Waals surface area contributed by atoms with Gasteiger partial charge in [-0.2, -0.15) is 0 Å². The summed E-state index contributed by atoms with van der Waals surface area (Å²) in [5.41, 5.74) is 2.57. The van der Waals surface area contributed by atoms with Gasteiger partial charge in [0, 0.05) is 24.2 Å². The number of pyridine rings is 1. The highest BCUT2D eigenvalue weighted by Crippen LogP contribution is 2.44. The van der Waals surface area contributed by atoms with E-state index in [9.17, 15) is 0 Å². The molecule has 21 heavy (non-hydrogen) atoms. The van der Waals surface area contributed by atoms with Gasteiger partial charge in [0.25, 0.3) is 0 Å². The van der Waals surface area contributed by atoms with Gasteiger partial charge in [-0.1, -0.05) is 13.3 Å². The van der Waals surface area contributed by atoms with Crippen LogP contribution in [0.15, 0.2) is 18.5 Å². The third-order valence-electron chi connectivity index (χ3n) is 5.08. The smallest absolute Gasteiger partial charge is 0.117 e. The van der Waals surface area contributed by atoms with Gasteiger partial charge >= 0.3 is 0 Å². The van der Waals surface area contributed by atoms with E-state index in [2.05, 4.69) is 27.9 Å². The van der Waals surface area contributed by atoms with Crippen molar-refractivity contribution in [2.75, 3.05) is 13.1 Å². The van der Waals surface area contributed by atoms with Crippen molar-refractivity contribution in [3.05, 3.63) is 24.3 Å². The van der Waals surface area contributed by atoms with Crippen molar-refractivity contribution in [2.24, 2.45) is 0 Å². The van der Waals surface area contributed by atoms with E-state index in [0.29, 0.717) is 6.04 Å². The molecule has 0 aromatic carbocycles. The quantitative estimate of drug-likeness (QED) is 0.937. The van der Waals surface area contributed by atoms with Crippen LogP contribution in [0.2, 0.25) is 0 Å². The van der Waals surface area contributed by atoms with Crippen LogP contribution in [-0.2, 0) is 5.41 Å². The predicted octanol–water partition coefficient (Wildman–Crippen LogP) is 3.19. The Morgan fingerprint density at radius 1 is 1.43 bits per heavy atom. The Labute approximate surface area is 126 Å². The first-order valence-corrected chi connectivity index (χ1v) is 8.37. The van der Waals surface area contributed by atoms with Crippen molar-refractivity contribution in [1.29, 1.82) is 0 Å². The normalized spacial score (nSPS) is 26.3. The molecule has 3 heterocycles. The molecule has 112 valence electrons. The lowest BCUT2D eigenvalue weighted by atomic mass is 9.76. The van der Waals surface area contributed by atoms with E-state index in [-0.39, 0.29) is 5.41 Å². The molecule has 1 saturated heterocycles. The fourth-order valence-electron chi connectivity index (χ4n) is 3.99. The van der Waals surface area contributed by atoms with E-state index in [1.54, 1.807) is 0 Å². The molecule has 2 aliphatic rings. The van der Waals surface area contributed by atoms with Crippen LogP contribution in [0.1, 0.15) is 57.3 Å². The molecule has 2 fully saturated rings. The zero-order valence-corrected chi connectivity index (χ0v) is 12.8. The molecule has 0 bridgehead atoms. The molecular formula is C17H24N4. The number of piperidine rings is 1. The topological polar surface area (TPSA) is 42.7 Å². The molecule has 2 aromatic heterocycles. The van der Waals surface area contributed by atoms with Crippen LogP contribution in [0.25, 0.3) is 11.0 Å². The molecule has 1 aliphatic heterocycles. The molecule has 4 rings (SSSR count). The Morgan fingerprint density at radius 2 is 2.33 bits per heavy atom. The maximum absolute atomic E-state index is 5.05. The molecule has 0 radical (unpaired) electrons. The minimum atomic E-state index is 0.217. The molecule has 1 N–H and O–H groups in total. The van der Waals surface area contributed by atoms with Crippen molar-refractivity contribution >= 4 is 11.0 Å². The maximum atomic E-state index is 5.05. The fourth-order valence-corrected chi connectivity index (χ4v) is 3.99. The van der Waals surface area contributed by atoms with Crippen LogP contribution in [0.5, 0.6) is 0 Å². The molecule has 0 amide bonds. The lowest BCUT2D eigenvalue weighted by Crippen LogP contribution is -2.45. The largest absolute Gasteiger partial charge is 0.324 e. The molecule has 0 spiro atoms. The highest BCUT2D eigenvalue weighted by atomic mass is 15.2. The van der Waals surface area contributed by atoms with Crippen LogP contribution >= 0.6 is 0 Å². The first kappa shape index (κ1) is 13.3. The van der Waals surface area contributed by atoms with Gasteiger partial charge in [0.05, 0.1) is 11.7 Å². The Hall–Kier alpha value is -1.42. The highest BCUT2D eigenvalue weighted by Gasteiger charge is 2.40. The van der Waals surface area contributed by atoms with Crippen molar-refractivity contribution in [2.45, 2.75) is 56.9 Å². The minimum absolute atomic E-state index is 0.217. The lowest BCUT2D eigenvalue weighted by molar-refractivity contribution is 0.268. The molecule has 4 nitrogen and oxygen atoms in total. The zero-order chi connectivity index (χ0) is 14.3. The first-order chi connectivity index (χ1) is 10.3. The maximum Gasteiger partial charge on any atom is 0.117 e. The molecule has 1 atom stereocenters. The zero-order valence-electron chi connectivity index (χ0n) is 12.8. The summed E-state index contributed by atoms with van der Waals surface area (Å²) < 4.78 is 2.54. The Bertz CT molecular complexity index is 630. The number of rotatable bonds is 4. The summed E-state index contributed by atoms with van der Waals surface area (Å²) in [5, 5.41) is 3.62. The lowest BCUT2D eigenvalue weighted by Gasteiger charge is -2.37. The Balaban J connectivity index is 1.89. The second kappa shape index (κ2) is 5.09. The van der Waals surface area contributed by atoms with Gasteiger partial charge in [-0.05, 0) is 44.7 Å². The summed E-state index contributed by atoms with van der Waals surface area (Å²) in [4.78, 5) is 9.32. The van der Waals surface area contributed by atoms with Gasteiger partial charge in [0.2, 0.25) is 0 Å². The standard InChI is InChI=1S/C17H24N4/c1-2-7-17(8-3-9-19-12-17)16-20-14-11-18-10-6-15(14)21(16)13-4-5-13/h6,10-11,13,19H,2-5,7-9,12H2,1H3. The van der Waals surface area contributed by atoms with Crippen LogP contribution in [0.3, 0.4) is 0 Å². The fraction of sp³-hybridized carbons (Fsp3) is 0.647. The summed E-state index contributed by atoms with van der Waals surface area (Å²) in [6.07, 6.45) is 11.4. The number of imidazole rings is 1. The van der Waals surface area contributed by atoms with E-state index in [0.717, 1.165) is 18.6 Å². The predicted molar refractivity (Wildman–Crippen MR) is 84.5 cm³/mol. The Morgan fingerprint density at radius 3 is 3.05 bits per heavy atom. The summed E-state index contributed by atoms with van der Waals surface area (Å²) in [7, 11) is 0. The summed E-state index contributed by atoms with van der Waals surface area (Å²) in [6.45, 7) is 4.52. The minimum Gasteiger partial charge on any atom is -0.324 e. The first-order valence-electron chi connectivity index (χ1n) is 8.37. The number of fused-ring (bicyclic) bond motifs is 1. The molecule has 1 aliphatic carbocycles. The number of nitrogens with zero attached hydrogens (tertiary/aromatic N) is 3. The number of hydrogen-bond acceptors (Lipinski definition) is 3. The molecule has 1 unspecified atom stereocenters. The van der Waals surface area contributed by atoms with Gasteiger partial charge in [-0.15, -0.1) is 0 Å². The number of aromatic nitrogens is 3. The van der Waals surface area contributed by atoms with E-state index in [1.165, 1.54) is 49.9 Å². The van der Waals surface area contributed by atoms with E-state index < -0.39 is 0 Å². The SMILES string of the molecule is CCCC1(c2nc3cnccc3n2C2CC2)CCCNC1. The second-order valence-electron chi connectivity index (χ2n) is 6.71.